The van der Waals surface area contributed by atoms with Crippen LogP contribution in [0.2, 0.25) is 0 Å². The fourth-order valence-electron chi connectivity index (χ4n) is 4.19. The van der Waals surface area contributed by atoms with E-state index in [2.05, 4.69) is 4.74 Å². The zero-order valence-electron chi connectivity index (χ0n) is 18.9. The van der Waals surface area contributed by atoms with E-state index in [0.717, 1.165) is 18.6 Å². The molecule has 35 heavy (non-hydrogen) atoms. The molecule has 4 aromatic carbocycles. The number of rotatable bonds is 8. The molecule has 0 radical (unpaired) electrons. The van der Waals surface area contributed by atoms with Gasteiger partial charge >= 0.3 is 6.61 Å². The van der Waals surface area contributed by atoms with Crippen LogP contribution in [-0.4, -0.2) is 6.61 Å². The highest BCUT2D eigenvalue weighted by Crippen LogP contribution is 2.32. The number of alkyl halides is 2. The molecule has 0 aliphatic heterocycles. The van der Waals surface area contributed by atoms with Crippen molar-refractivity contribution in [1.82, 2.24) is 0 Å². The van der Waals surface area contributed by atoms with E-state index < -0.39 is 35.6 Å². The van der Waals surface area contributed by atoms with Gasteiger partial charge in [-0.2, -0.15) is 8.78 Å². The molecule has 0 amide bonds. The molecule has 0 spiro atoms. The number of fused-ring (bicyclic) bond motifs is 1. The summed E-state index contributed by atoms with van der Waals surface area (Å²) in [5.74, 6) is -3.28. The largest absolute Gasteiger partial charge is 0.432 e. The van der Waals surface area contributed by atoms with Crippen molar-refractivity contribution in [2.45, 2.75) is 39.2 Å². The predicted octanol–water partition coefficient (Wildman–Crippen LogP) is 8.40. The molecular formula is C28H22F6O. The lowest BCUT2D eigenvalue weighted by Crippen LogP contribution is -2.04. The number of benzene rings is 4. The Morgan fingerprint density at radius 1 is 0.714 bits per heavy atom. The Morgan fingerprint density at radius 3 is 2.09 bits per heavy atom. The molecule has 0 atom stereocenters. The molecule has 4 aromatic rings. The maximum absolute atomic E-state index is 15.2. The molecule has 0 heterocycles. The van der Waals surface area contributed by atoms with Crippen molar-refractivity contribution in [3.8, 4) is 16.9 Å². The number of ether oxygens (including phenoxy) is 1. The van der Waals surface area contributed by atoms with E-state index in [1.54, 1.807) is 18.2 Å². The molecule has 0 saturated heterocycles. The van der Waals surface area contributed by atoms with Gasteiger partial charge in [-0.25, -0.2) is 17.6 Å². The highest BCUT2D eigenvalue weighted by molar-refractivity contribution is 5.88. The molecule has 7 heteroatoms. The van der Waals surface area contributed by atoms with Gasteiger partial charge in [0.25, 0.3) is 0 Å². The lowest BCUT2D eigenvalue weighted by atomic mass is 9.96. The van der Waals surface area contributed by atoms with Gasteiger partial charge in [-0.05, 0) is 77.2 Å². The second-order valence-corrected chi connectivity index (χ2v) is 8.30. The van der Waals surface area contributed by atoms with Crippen molar-refractivity contribution in [1.29, 1.82) is 0 Å². The first kappa shape index (κ1) is 24.6. The average Bonchev–Trinajstić information content (AvgIpc) is 2.80. The Hall–Kier alpha value is -3.48. The van der Waals surface area contributed by atoms with E-state index in [-0.39, 0.29) is 18.4 Å². The highest BCUT2D eigenvalue weighted by Gasteiger charge is 2.16. The lowest BCUT2D eigenvalue weighted by molar-refractivity contribution is -0.0522. The Labute approximate surface area is 199 Å². The SMILES string of the molecule is CCCc1cc(F)c(-c2ccc3c(F)c(CCc4ccc(OC(F)F)c(F)c4)ccc3c2)c(F)c1. The summed E-state index contributed by atoms with van der Waals surface area (Å²) in [5.41, 5.74) is 1.61. The van der Waals surface area contributed by atoms with Crippen LogP contribution in [0, 0.1) is 23.3 Å². The Morgan fingerprint density at radius 2 is 1.43 bits per heavy atom. The number of hydrogen-bond donors (Lipinski definition) is 0. The zero-order chi connectivity index (χ0) is 25.1. The van der Waals surface area contributed by atoms with Gasteiger partial charge in [-0.3, -0.25) is 0 Å². The summed E-state index contributed by atoms with van der Waals surface area (Å²) in [6, 6.07) is 14.0. The van der Waals surface area contributed by atoms with Gasteiger partial charge in [0.15, 0.2) is 11.6 Å². The third-order valence-electron chi connectivity index (χ3n) is 5.86. The summed E-state index contributed by atoms with van der Waals surface area (Å²) in [6.45, 7) is -1.20. The molecule has 0 unspecified atom stereocenters. The van der Waals surface area contributed by atoms with Gasteiger partial charge in [0, 0.05) is 5.39 Å². The topological polar surface area (TPSA) is 9.23 Å². The van der Waals surface area contributed by atoms with Crippen LogP contribution in [-0.2, 0) is 19.3 Å². The fourth-order valence-corrected chi connectivity index (χ4v) is 4.19. The Bertz CT molecular complexity index is 1340. The first-order valence-corrected chi connectivity index (χ1v) is 11.2. The van der Waals surface area contributed by atoms with Crippen molar-refractivity contribution in [2.24, 2.45) is 0 Å². The summed E-state index contributed by atoms with van der Waals surface area (Å²) >= 11 is 0. The number of hydrogen-bond acceptors (Lipinski definition) is 1. The van der Waals surface area contributed by atoms with Crippen molar-refractivity contribution in [3.63, 3.8) is 0 Å². The number of aryl methyl sites for hydroxylation is 3. The molecule has 0 fully saturated rings. The lowest BCUT2D eigenvalue weighted by Gasteiger charge is -2.11. The normalized spacial score (nSPS) is 11.4. The zero-order valence-corrected chi connectivity index (χ0v) is 18.9. The molecule has 0 aromatic heterocycles. The molecule has 0 aliphatic rings. The summed E-state index contributed by atoms with van der Waals surface area (Å²) in [6.07, 6.45) is 1.84. The first-order chi connectivity index (χ1) is 16.8. The molecule has 0 aliphatic carbocycles. The minimum atomic E-state index is -3.13. The monoisotopic (exact) mass is 488 g/mol. The van der Waals surface area contributed by atoms with Gasteiger partial charge in [-0.15, -0.1) is 0 Å². The van der Waals surface area contributed by atoms with E-state index in [0.29, 0.717) is 39.4 Å². The van der Waals surface area contributed by atoms with Crippen molar-refractivity contribution in [3.05, 3.63) is 101 Å². The Kier molecular flexibility index (Phi) is 7.34. The molecule has 0 saturated carbocycles. The van der Waals surface area contributed by atoms with Crippen molar-refractivity contribution in [2.75, 3.05) is 0 Å². The van der Waals surface area contributed by atoms with E-state index in [9.17, 15) is 22.0 Å². The Balaban J connectivity index is 1.57. The fraction of sp³-hybridized carbons (Fsp3) is 0.214. The molecule has 182 valence electrons. The predicted molar refractivity (Wildman–Crippen MR) is 124 cm³/mol. The van der Waals surface area contributed by atoms with E-state index in [1.807, 2.05) is 6.92 Å². The smallest absolute Gasteiger partial charge is 0.387 e. The standard InChI is InChI=1S/C28H22F6O/c1-2-3-17-13-23(30)26(24(31)14-17)20-9-10-21-19(15-20)8-7-18(27(21)32)6-4-16-5-11-25(22(29)12-16)35-28(33)34/h5,7-15,28H,2-4,6H2,1H3. The summed E-state index contributed by atoms with van der Waals surface area (Å²) in [7, 11) is 0. The van der Waals surface area contributed by atoms with E-state index >= 15 is 4.39 Å². The maximum atomic E-state index is 15.2. The van der Waals surface area contributed by atoms with E-state index in [1.165, 1.54) is 30.3 Å². The second kappa shape index (κ2) is 10.4. The van der Waals surface area contributed by atoms with Gasteiger partial charge in [0.1, 0.15) is 17.5 Å². The van der Waals surface area contributed by atoms with Crippen molar-refractivity contribution < 1.29 is 31.1 Å². The van der Waals surface area contributed by atoms with Gasteiger partial charge in [0.05, 0.1) is 5.56 Å². The average molecular weight is 488 g/mol. The highest BCUT2D eigenvalue weighted by atomic mass is 19.3. The van der Waals surface area contributed by atoms with E-state index in [4.69, 9.17) is 0 Å². The van der Waals surface area contributed by atoms with Crippen LogP contribution in [0.15, 0.2) is 60.7 Å². The van der Waals surface area contributed by atoms with Crippen LogP contribution < -0.4 is 4.74 Å². The second-order valence-electron chi connectivity index (χ2n) is 8.30. The molecule has 0 N–H and O–H groups in total. The first-order valence-electron chi connectivity index (χ1n) is 11.2. The van der Waals surface area contributed by atoms with Crippen LogP contribution in [0.25, 0.3) is 21.9 Å². The van der Waals surface area contributed by atoms with Gasteiger partial charge in [0.2, 0.25) is 0 Å². The van der Waals surface area contributed by atoms with Crippen LogP contribution in [0.1, 0.15) is 30.0 Å². The summed E-state index contributed by atoms with van der Waals surface area (Å²) < 4.78 is 87.1. The summed E-state index contributed by atoms with van der Waals surface area (Å²) in [4.78, 5) is 0. The quantitative estimate of drug-likeness (QED) is 0.226. The molecule has 4 rings (SSSR count). The third kappa shape index (κ3) is 5.45. The van der Waals surface area contributed by atoms with Crippen LogP contribution >= 0.6 is 0 Å². The molecule has 1 nitrogen and oxygen atoms in total. The minimum absolute atomic E-state index is 0.155. The maximum Gasteiger partial charge on any atom is 0.387 e. The van der Waals surface area contributed by atoms with Crippen LogP contribution in [0.5, 0.6) is 5.75 Å². The number of halogens is 6. The van der Waals surface area contributed by atoms with Gasteiger partial charge < -0.3 is 4.74 Å². The van der Waals surface area contributed by atoms with Crippen molar-refractivity contribution >= 4 is 10.8 Å². The third-order valence-corrected chi connectivity index (χ3v) is 5.86. The minimum Gasteiger partial charge on any atom is -0.432 e. The molecular weight excluding hydrogens is 466 g/mol. The molecule has 0 bridgehead atoms. The van der Waals surface area contributed by atoms with Crippen LogP contribution in [0.3, 0.4) is 0 Å². The van der Waals surface area contributed by atoms with Crippen LogP contribution in [0.4, 0.5) is 26.3 Å². The summed E-state index contributed by atoms with van der Waals surface area (Å²) in [5, 5.41) is 0.779. The van der Waals surface area contributed by atoms with Gasteiger partial charge in [-0.1, -0.05) is 43.7 Å².